The molecule has 0 bridgehead atoms. The van der Waals surface area contributed by atoms with Crippen molar-refractivity contribution < 1.29 is 4.74 Å². The van der Waals surface area contributed by atoms with E-state index in [1.807, 2.05) is 32.9 Å². The standard InChI is InChI=1S/C17H24N6O/c1-13(2)24-17-12-18-11-16(19-17)23-8-4-7-22(9-10-23)15-6-5-14(3)20-21-15/h5-6,11-13H,4,7-10H2,1-3H3. The van der Waals surface area contributed by atoms with Crippen LogP contribution in [0.3, 0.4) is 0 Å². The normalized spacial score (nSPS) is 15.5. The summed E-state index contributed by atoms with van der Waals surface area (Å²) in [7, 11) is 0. The van der Waals surface area contributed by atoms with E-state index >= 15 is 0 Å². The van der Waals surface area contributed by atoms with Crippen LogP contribution in [0, 0.1) is 6.92 Å². The van der Waals surface area contributed by atoms with Gasteiger partial charge in [0.25, 0.3) is 0 Å². The molecule has 1 aliphatic heterocycles. The number of anilines is 2. The van der Waals surface area contributed by atoms with Gasteiger partial charge < -0.3 is 14.5 Å². The summed E-state index contributed by atoms with van der Waals surface area (Å²) in [6.07, 6.45) is 4.59. The van der Waals surface area contributed by atoms with Crippen LogP contribution in [0.15, 0.2) is 24.5 Å². The molecule has 24 heavy (non-hydrogen) atoms. The highest BCUT2D eigenvalue weighted by molar-refractivity contribution is 5.42. The molecule has 0 aromatic carbocycles. The summed E-state index contributed by atoms with van der Waals surface area (Å²) in [5.74, 6) is 2.38. The van der Waals surface area contributed by atoms with Gasteiger partial charge in [-0.15, -0.1) is 5.10 Å². The van der Waals surface area contributed by atoms with E-state index in [9.17, 15) is 0 Å². The highest BCUT2D eigenvalue weighted by atomic mass is 16.5. The van der Waals surface area contributed by atoms with Crippen molar-refractivity contribution in [2.45, 2.75) is 33.3 Å². The highest BCUT2D eigenvalue weighted by Gasteiger charge is 2.18. The second-order valence-corrected chi connectivity index (χ2v) is 6.24. The van der Waals surface area contributed by atoms with Crippen molar-refractivity contribution in [3.8, 4) is 5.88 Å². The summed E-state index contributed by atoms with van der Waals surface area (Å²) in [4.78, 5) is 13.4. The van der Waals surface area contributed by atoms with Gasteiger partial charge >= 0.3 is 0 Å². The van der Waals surface area contributed by atoms with Gasteiger partial charge in [-0.3, -0.25) is 4.98 Å². The average Bonchev–Trinajstić information content (AvgIpc) is 2.81. The molecule has 2 aromatic heterocycles. The Bertz CT molecular complexity index is 660. The van der Waals surface area contributed by atoms with Crippen LogP contribution in [0.5, 0.6) is 5.88 Å². The Hall–Kier alpha value is -2.44. The van der Waals surface area contributed by atoms with Gasteiger partial charge in [0.2, 0.25) is 5.88 Å². The first-order valence-electron chi connectivity index (χ1n) is 8.41. The third-order valence-corrected chi connectivity index (χ3v) is 3.88. The van der Waals surface area contributed by atoms with Crippen LogP contribution in [-0.4, -0.2) is 52.4 Å². The van der Waals surface area contributed by atoms with Gasteiger partial charge in [0, 0.05) is 26.2 Å². The van der Waals surface area contributed by atoms with Crippen molar-refractivity contribution in [3.63, 3.8) is 0 Å². The summed E-state index contributed by atoms with van der Waals surface area (Å²) >= 11 is 0. The lowest BCUT2D eigenvalue weighted by atomic mass is 10.3. The summed E-state index contributed by atoms with van der Waals surface area (Å²) in [5.41, 5.74) is 0.937. The third kappa shape index (κ3) is 4.10. The maximum atomic E-state index is 5.65. The first-order chi connectivity index (χ1) is 11.6. The monoisotopic (exact) mass is 328 g/mol. The maximum absolute atomic E-state index is 5.65. The molecule has 3 heterocycles. The van der Waals surface area contributed by atoms with E-state index in [0.717, 1.165) is 49.9 Å². The van der Waals surface area contributed by atoms with Crippen molar-refractivity contribution in [1.82, 2.24) is 20.2 Å². The van der Waals surface area contributed by atoms with E-state index in [-0.39, 0.29) is 6.10 Å². The van der Waals surface area contributed by atoms with Crippen molar-refractivity contribution in [1.29, 1.82) is 0 Å². The molecule has 128 valence electrons. The predicted octanol–water partition coefficient (Wildman–Crippen LogP) is 2.08. The van der Waals surface area contributed by atoms with Gasteiger partial charge in [-0.25, -0.2) is 0 Å². The smallest absolute Gasteiger partial charge is 0.234 e. The van der Waals surface area contributed by atoms with Gasteiger partial charge in [-0.05, 0) is 39.3 Å². The van der Waals surface area contributed by atoms with E-state index in [1.165, 1.54) is 0 Å². The Balaban J connectivity index is 1.68. The Labute approximate surface area is 142 Å². The molecule has 3 rings (SSSR count). The highest BCUT2D eigenvalue weighted by Crippen LogP contribution is 2.19. The molecular weight excluding hydrogens is 304 g/mol. The molecule has 1 fully saturated rings. The number of hydrogen-bond acceptors (Lipinski definition) is 7. The predicted molar refractivity (Wildman–Crippen MR) is 93.6 cm³/mol. The van der Waals surface area contributed by atoms with Gasteiger partial charge in [0.05, 0.1) is 24.2 Å². The molecule has 0 radical (unpaired) electrons. The van der Waals surface area contributed by atoms with E-state index < -0.39 is 0 Å². The molecule has 7 nitrogen and oxygen atoms in total. The van der Waals surface area contributed by atoms with Crippen molar-refractivity contribution in [2.75, 3.05) is 36.0 Å². The van der Waals surface area contributed by atoms with Crippen LogP contribution in [0.4, 0.5) is 11.6 Å². The fourth-order valence-corrected chi connectivity index (χ4v) is 2.73. The van der Waals surface area contributed by atoms with E-state index in [4.69, 9.17) is 4.74 Å². The SMILES string of the molecule is Cc1ccc(N2CCCN(c3cncc(OC(C)C)n3)CC2)nn1. The summed E-state index contributed by atoms with van der Waals surface area (Å²) in [6.45, 7) is 9.58. The largest absolute Gasteiger partial charge is 0.474 e. The first kappa shape index (κ1) is 16.4. The quantitative estimate of drug-likeness (QED) is 0.851. The van der Waals surface area contributed by atoms with Crippen molar-refractivity contribution >= 4 is 11.6 Å². The molecule has 0 N–H and O–H groups in total. The molecule has 0 unspecified atom stereocenters. The van der Waals surface area contributed by atoms with Crippen LogP contribution in [0.1, 0.15) is 26.0 Å². The zero-order chi connectivity index (χ0) is 16.9. The number of hydrogen-bond donors (Lipinski definition) is 0. The van der Waals surface area contributed by atoms with Crippen LogP contribution in [0.25, 0.3) is 0 Å². The Morgan fingerprint density at radius 1 is 0.958 bits per heavy atom. The first-order valence-corrected chi connectivity index (χ1v) is 8.41. The van der Waals surface area contributed by atoms with Crippen molar-refractivity contribution in [3.05, 3.63) is 30.2 Å². The van der Waals surface area contributed by atoms with Crippen LogP contribution < -0.4 is 14.5 Å². The average molecular weight is 328 g/mol. The number of ether oxygens (including phenoxy) is 1. The van der Waals surface area contributed by atoms with Gasteiger partial charge in [0.1, 0.15) is 0 Å². The Morgan fingerprint density at radius 2 is 1.71 bits per heavy atom. The molecule has 1 aliphatic rings. The number of nitrogens with zero attached hydrogens (tertiary/aromatic N) is 6. The lowest BCUT2D eigenvalue weighted by Gasteiger charge is -2.23. The number of rotatable bonds is 4. The molecular formula is C17H24N6O. The molecule has 2 aromatic rings. The Morgan fingerprint density at radius 3 is 2.38 bits per heavy atom. The second-order valence-electron chi connectivity index (χ2n) is 6.24. The fourth-order valence-electron chi connectivity index (χ4n) is 2.73. The second kappa shape index (κ2) is 7.42. The number of aryl methyl sites for hydroxylation is 1. The minimum absolute atomic E-state index is 0.0919. The van der Waals surface area contributed by atoms with E-state index in [1.54, 1.807) is 12.4 Å². The zero-order valence-electron chi connectivity index (χ0n) is 14.5. The zero-order valence-corrected chi connectivity index (χ0v) is 14.5. The topological polar surface area (TPSA) is 67.3 Å². The molecule has 0 amide bonds. The summed E-state index contributed by atoms with van der Waals surface area (Å²) < 4.78 is 5.65. The third-order valence-electron chi connectivity index (χ3n) is 3.88. The fraction of sp³-hybridized carbons (Fsp3) is 0.529. The number of aromatic nitrogens is 4. The maximum Gasteiger partial charge on any atom is 0.234 e. The molecule has 0 saturated carbocycles. The van der Waals surface area contributed by atoms with E-state index in [0.29, 0.717) is 5.88 Å². The molecule has 7 heteroatoms. The summed E-state index contributed by atoms with van der Waals surface area (Å²) in [5, 5.41) is 8.45. The van der Waals surface area contributed by atoms with Crippen LogP contribution >= 0.6 is 0 Å². The molecule has 0 spiro atoms. The van der Waals surface area contributed by atoms with Gasteiger partial charge in [-0.1, -0.05) is 0 Å². The minimum atomic E-state index is 0.0919. The lowest BCUT2D eigenvalue weighted by molar-refractivity contribution is 0.231. The molecule has 1 saturated heterocycles. The van der Waals surface area contributed by atoms with Crippen LogP contribution in [-0.2, 0) is 0 Å². The van der Waals surface area contributed by atoms with Crippen molar-refractivity contribution in [2.24, 2.45) is 0 Å². The minimum Gasteiger partial charge on any atom is -0.474 e. The van der Waals surface area contributed by atoms with Crippen LogP contribution in [0.2, 0.25) is 0 Å². The lowest BCUT2D eigenvalue weighted by Crippen LogP contribution is -2.31. The van der Waals surface area contributed by atoms with Gasteiger partial charge in [0.15, 0.2) is 11.6 Å². The molecule has 0 aliphatic carbocycles. The summed E-state index contributed by atoms with van der Waals surface area (Å²) in [6, 6.07) is 4.04. The van der Waals surface area contributed by atoms with E-state index in [2.05, 4.69) is 30.0 Å². The van der Waals surface area contributed by atoms with Gasteiger partial charge in [-0.2, -0.15) is 10.1 Å². The Kier molecular flexibility index (Phi) is 5.08. The molecule has 0 atom stereocenters.